The summed E-state index contributed by atoms with van der Waals surface area (Å²) in [5, 5.41) is 10.8. The third kappa shape index (κ3) is 2.10. The molecule has 0 amide bonds. The van der Waals surface area contributed by atoms with E-state index >= 15 is 0 Å². The van der Waals surface area contributed by atoms with Gasteiger partial charge in [0.2, 0.25) is 5.88 Å². The van der Waals surface area contributed by atoms with Gasteiger partial charge >= 0.3 is 5.69 Å². The lowest BCUT2D eigenvalue weighted by Crippen LogP contribution is -2.10. The maximum Gasteiger partial charge on any atom is 0.354 e. The largest absolute Gasteiger partial charge is 0.480 e. The van der Waals surface area contributed by atoms with Gasteiger partial charge in [-0.25, -0.2) is 0 Å². The highest BCUT2D eigenvalue weighted by Gasteiger charge is 2.29. The van der Waals surface area contributed by atoms with Gasteiger partial charge in [0.1, 0.15) is 11.3 Å². The van der Waals surface area contributed by atoms with Crippen molar-refractivity contribution in [2.75, 3.05) is 20.0 Å². The van der Waals surface area contributed by atoms with Crippen LogP contribution in [0.5, 0.6) is 11.8 Å². The first-order valence-electron chi connectivity index (χ1n) is 4.50. The molecule has 0 unspecified atom stereocenters. The minimum atomic E-state index is -0.757. The third-order valence-corrected chi connectivity index (χ3v) is 2.07. The van der Waals surface area contributed by atoms with Crippen molar-refractivity contribution in [1.29, 1.82) is 0 Å². The first kappa shape index (κ1) is 12.7. The molecule has 2 N–H and O–H groups in total. The van der Waals surface area contributed by atoms with Crippen LogP contribution in [0.25, 0.3) is 0 Å². The molecule has 0 aliphatic carbocycles. The fourth-order valence-electron chi connectivity index (χ4n) is 1.36. The van der Waals surface area contributed by atoms with E-state index < -0.39 is 16.4 Å². The molecule has 17 heavy (non-hydrogen) atoms. The van der Waals surface area contributed by atoms with E-state index in [2.05, 4.69) is 4.98 Å². The van der Waals surface area contributed by atoms with E-state index in [1.54, 1.807) is 0 Å². The summed E-state index contributed by atoms with van der Waals surface area (Å²) < 4.78 is 9.59. The molecule has 0 spiro atoms. The second kappa shape index (κ2) is 4.64. The molecule has 0 aromatic carbocycles. The number of aromatic nitrogens is 1. The van der Waals surface area contributed by atoms with Gasteiger partial charge in [0.25, 0.3) is 5.88 Å². The van der Waals surface area contributed by atoms with Crippen LogP contribution in [0.3, 0.4) is 0 Å². The zero-order valence-electron chi connectivity index (χ0n) is 9.51. The van der Waals surface area contributed by atoms with Crippen LogP contribution in [0.4, 0.5) is 11.4 Å². The number of anilines is 1. The molecule has 0 bridgehead atoms. The number of hydrogen-bond donors (Lipinski definition) is 1. The molecule has 0 saturated heterocycles. The lowest BCUT2D eigenvalue weighted by atomic mass is 10.1. The van der Waals surface area contributed by atoms with Gasteiger partial charge in [-0.3, -0.25) is 14.9 Å². The molecule has 1 aromatic rings. The average molecular weight is 241 g/mol. The van der Waals surface area contributed by atoms with Gasteiger partial charge in [0, 0.05) is 0 Å². The van der Waals surface area contributed by atoms with E-state index in [4.69, 9.17) is 15.2 Å². The topological polar surface area (TPSA) is 118 Å². The van der Waals surface area contributed by atoms with Crippen LogP contribution >= 0.6 is 0 Å². The third-order valence-electron chi connectivity index (χ3n) is 2.07. The summed E-state index contributed by atoms with van der Waals surface area (Å²) in [6.45, 7) is 1.21. The molecule has 0 radical (unpaired) electrons. The van der Waals surface area contributed by atoms with Crippen molar-refractivity contribution >= 4 is 17.2 Å². The first-order valence-corrected chi connectivity index (χ1v) is 4.50. The van der Waals surface area contributed by atoms with Crippen LogP contribution in [0.15, 0.2) is 0 Å². The summed E-state index contributed by atoms with van der Waals surface area (Å²) in [6.07, 6.45) is 0. The van der Waals surface area contributed by atoms with Crippen LogP contribution in [-0.2, 0) is 0 Å². The maximum absolute atomic E-state index is 11.4. The number of pyridine rings is 1. The standard InChI is InChI=1S/C9H11N3O5/c1-4(13)5-6(10)7(12(14)15)9(17-3)11-8(5)16-2/h1-3H3,(H2,10,11). The predicted molar refractivity (Wildman–Crippen MR) is 58.4 cm³/mol. The molecule has 0 atom stereocenters. The van der Waals surface area contributed by atoms with Crippen LogP contribution in [0.1, 0.15) is 17.3 Å². The Hall–Kier alpha value is -2.38. The Bertz CT molecular complexity index is 446. The smallest absolute Gasteiger partial charge is 0.354 e. The molecular formula is C9H11N3O5. The molecule has 92 valence electrons. The summed E-state index contributed by atoms with van der Waals surface area (Å²) in [5.74, 6) is -0.871. The van der Waals surface area contributed by atoms with Crippen molar-refractivity contribution in [2.45, 2.75) is 6.92 Å². The van der Waals surface area contributed by atoms with Crippen molar-refractivity contribution in [1.82, 2.24) is 4.98 Å². The number of nitrogen functional groups attached to an aromatic ring is 1. The summed E-state index contributed by atoms with van der Waals surface area (Å²) in [7, 11) is 2.49. The number of ether oxygens (including phenoxy) is 2. The summed E-state index contributed by atoms with van der Waals surface area (Å²) in [5.41, 5.74) is 4.59. The van der Waals surface area contributed by atoms with Crippen LogP contribution < -0.4 is 15.2 Å². The molecular weight excluding hydrogens is 230 g/mol. The SMILES string of the molecule is COc1nc(OC)c([N+](=O)[O-])c(N)c1C(C)=O. The second-order valence-corrected chi connectivity index (χ2v) is 3.08. The van der Waals surface area contributed by atoms with Gasteiger partial charge in [0.05, 0.1) is 19.1 Å². The number of carbonyl (C=O) groups is 1. The van der Waals surface area contributed by atoms with E-state index in [0.717, 1.165) is 0 Å². The van der Waals surface area contributed by atoms with Gasteiger partial charge in [-0.05, 0) is 6.92 Å². The Balaban J connectivity index is 3.67. The van der Waals surface area contributed by atoms with Crippen molar-refractivity contribution in [3.63, 3.8) is 0 Å². The van der Waals surface area contributed by atoms with Crippen LogP contribution in [0.2, 0.25) is 0 Å². The van der Waals surface area contributed by atoms with Crippen LogP contribution in [0, 0.1) is 10.1 Å². The molecule has 1 aromatic heterocycles. The molecule has 0 saturated carbocycles. The Morgan fingerprint density at radius 2 is 1.88 bits per heavy atom. The number of nitrogens with two attached hydrogens (primary N) is 1. The monoisotopic (exact) mass is 241 g/mol. The van der Waals surface area contributed by atoms with Crippen molar-refractivity contribution in [3.05, 3.63) is 15.7 Å². The highest BCUT2D eigenvalue weighted by Crippen LogP contribution is 2.38. The van der Waals surface area contributed by atoms with E-state index in [-0.39, 0.29) is 23.0 Å². The molecule has 1 rings (SSSR count). The van der Waals surface area contributed by atoms with E-state index in [1.807, 2.05) is 0 Å². The quantitative estimate of drug-likeness (QED) is 0.470. The molecule has 1 heterocycles. The number of nitrogens with zero attached hydrogens (tertiary/aromatic N) is 2. The highest BCUT2D eigenvalue weighted by molar-refractivity contribution is 6.03. The molecule has 0 fully saturated rings. The first-order chi connectivity index (χ1) is 7.93. The Morgan fingerprint density at radius 1 is 1.35 bits per heavy atom. The van der Waals surface area contributed by atoms with Gasteiger partial charge in [-0.1, -0.05) is 0 Å². The number of rotatable bonds is 4. The minimum absolute atomic E-state index is 0.0996. The predicted octanol–water partition coefficient (Wildman–Crippen LogP) is 0.792. The number of Topliss-reactive ketones (excluding diaryl/α,β-unsaturated/α-hetero) is 1. The molecule has 0 aliphatic rings. The van der Waals surface area contributed by atoms with Gasteiger partial charge in [0.15, 0.2) is 5.78 Å². The van der Waals surface area contributed by atoms with Crippen molar-refractivity contribution in [2.24, 2.45) is 0 Å². The highest BCUT2D eigenvalue weighted by atomic mass is 16.6. The van der Waals surface area contributed by atoms with Gasteiger partial charge < -0.3 is 15.2 Å². The Labute approximate surface area is 96.5 Å². The van der Waals surface area contributed by atoms with E-state index in [0.29, 0.717) is 0 Å². The Kier molecular flexibility index (Phi) is 3.46. The number of carbonyl (C=O) groups excluding carboxylic acids is 1. The Morgan fingerprint density at radius 3 is 2.24 bits per heavy atom. The zero-order valence-corrected chi connectivity index (χ0v) is 9.51. The zero-order chi connectivity index (χ0) is 13.2. The molecule has 8 nitrogen and oxygen atoms in total. The fraction of sp³-hybridized carbons (Fsp3) is 0.333. The van der Waals surface area contributed by atoms with Crippen molar-refractivity contribution in [3.8, 4) is 11.8 Å². The summed E-state index contributed by atoms with van der Waals surface area (Å²) in [6, 6.07) is 0. The minimum Gasteiger partial charge on any atom is -0.480 e. The maximum atomic E-state index is 11.4. The lowest BCUT2D eigenvalue weighted by Gasteiger charge is -2.10. The fourth-order valence-corrected chi connectivity index (χ4v) is 1.36. The number of methoxy groups -OCH3 is 2. The van der Waals surface area contributed by atoms with E-state index in [9.17, 15) is 14.9 Å². The number of ketones is 1. The molecule has 0 aliphatic heterocycles. The average Bonchev–Trinajstić information content (AvgIpc) is 2.26. The lowest BCUT2D eigenvalue weighted by molar-refractivity contribution is -0.385. The summed E-state index contributed by atoms with van der Waals surface area (Å²) >= 11 is 0. The summed E-state index contributed by atoms with van der Waals surface area (Å²) in [4.78, 5) is 25.2. The van der Waals surface area contributed by atoms with Gasteiger partial charge in [-0.15, -0.1) is 0 Å². The number of nitro groups is 1. The number of hydrogen-bond acceptors (Lipinski definition) is 7. The molecule has 8 heteroatoms. The normalized spacial score (nSPS) is 9.82. The van der Waals surface area contributed by atoms with Crippen molar-refractivity contribution < 1.29 is 19.2 Å². The van der Waals surface area contributed by atoms with Crippen LogP contribution in [-0.4, -0.2) is 29.9 Å². The second-order valence-electron chi connectivity index (χ2n) is 3.08. The van der Waals surface area contributed by atoms with Gasteiger partial charge in [-0.2, -0.15) is 4.98 Å². The van der Waals surface area contributed by atoms with E-state index in [1.165, 1.54) is 21.1 Å².